The van der Waals surface area contributed by atoms with Gasteiger partial charge < -0.3 is 16.0 Å². The van der Waals surface area contributed by atoms with Crippen molar-refractivity contribution >= 4 is 23.3 Å². The molecule has 176 valence electrons. The highest BCUT2D eigenvalue weighted by molar-refractivity contribution is 6.06. The molecule has 0 bridgehead atoms. The quantitative estimate of drug-likeness (QED) is 0.423. The van der Waals surface area contributed by atoms with Crippen molar-refractivity contribution in [1.82, 2.24) is 15.3 Å². The summed E-state index contributed by atoms with van der Waals surface area (Å²) in [5.41, 5.74) is 3.22. The first-order valence-corrected chi connectivity index (χ1v) is 12.4. The maximum Gasteiger partial charge on any atom is 0.238 e. The Balaban J connectivity index is 1.21. The molecule has 0 saturated heterocycles. The zero-order valence-corrected chi connectivity index (χ0v) is 19.6. The molecule has 1 atom stereocenters. The summed E-state index contributed by atoms with van der Waals surface area (Å²) in [5, 5.41) is 9.13. The van der Waals surface area contributed by atoms with E-state index in [0.29, 0.717) is 25.2 Å². The predicted octanol–water partition coefficient (Wildman–Crippen LogP) is 4.13. The van der Waals surface area contributed by atoms with E-state index < -0.39 is 5.41 Å². The van der Waals surface area contributed by atoms with Crippen LogP contribution in [0.1, 0.15) is 75.0 Å². The average molecular weight is 450 g/mol. The van der Waals surface area contributed by atoms with Crippen LogP contribution in [-0.4, -0.2) is 34.9 Å². The van der Waals surface area contributed by atoms with Crippen LogP contribution in [0.25, 0.3) is 0 Å². The summed E-state index contributed by atoms with van der Waals surface area (Å²) < 4.78 is 0. The van der Waals surface area contributed by atoms with Crippen molar-refractivity contribution in [2.45, 2.75) is 76.5 Å². The molecule has 0 radical (unpaired) electrons. The molecular weight excluding hydrogens is 414 g/mol. The standard InChI is InChI=1S/C26H35N5O2/c1-2-3-4-5-6-7-8-9-12-27-17-23(32)30-21-11-10-19-14-26(15-20(19)13-21)22-16-28-18-29-24(22)31-25(26)33/h10-11,13,16,18,27H,2-9,12,14-15,17H2,1H3,(H,30,32)(H,28,29,31,33). The van der Waals surface area contributed by atoms with E-state index in [9.17, 15) is 9.59 Å². The molecule has 1 aromatic carbocycles. The third kappa shape index (κ3) is 5.41. The number of unbranched alkanes of at least 4 members (excludes halogenated alkanes) is 7. The van der Waals surface area contributed by atoms with Crippen molar-refractivity contribution in [3.63, 3.8) is 0 Å². The van der Waals surface area contributed by atoms with Crippen LogP contribution >= 0.6 is 0 Å². The Morgan fingerprint density at radius 3 is 2.64 bits per heavy atom. The first kappa shape index (κ1) is 23.4. The Morgan fingerprint density at radius 2 is 1.82 bits per heavy atom. The summed E-state index contributed by atoms with van der Waals surface area (Å²) in [4.78, 5) is 33.5. The molecule has 4 rings (SSSR count). The number of nitrogens with one attached hydrogen (secondary N) is 3. The van der Waals surface area contributed by atoms with Gasteiger partial charge in [-0.1, -0.05) is 57.9 Å². The summed E-state index contributed by atoms with van der Waals surface area (Å²) in [6, 6.07) is 5.93. The number of aromatic nitrogens is 2. The Bertz CT molecular complexity index is 992. The van der Waals surface area contributed by atoms with Gasteiger partial charge in [-0.05, 0) is 49.1 Å². The summed E-state index contributed by atoms with van der Waals surface area (Å²) >= 11 is 0. The Labute approximate surface area is 196 Å². The van der Waals surface area contributed by atoms with Gasteiger partial charge in [0.2, 0.25) is 11.8 Å². The number of rotatable bonds is 12. The third-order valence-corrected chi connectivity index (χ3v) is 6.86. The first-order valence-electron chi connectivity index (χ1n) is 12.4. The van der Waals surface area contributed by atoms with E-state index in [0.717, 1.165) is 35.3 Å². The second-order valence-corrected chi connectivity index (χ2v) is 9.36. The molecule has 1 aliphatic heterocycles. The number of amides is 2. The van der Waals surface area contributed by atoms with Gasteiger partial charge in [-0.25, -0.2) is 9.97 Å². The summed E-state index contributed by atoms with van der Waals surface area (Å²) in [5.74, 6) is 0.545. The van der Waals surface area contributed by atoms with E-state index in [1.165, 1.54) is 51.3 Å². The molecule has 1 aromatic heterocycles. The molecule has 33 heavy (non-hydrogen) atoms. The number of hydrogen-bond donors (Lipinski definition) is 3. The van der Waals surface area contributed by atoms with Crippen molar-refractivity contribution in [1.29, 1.82) is 0 Å². The number of carbonyl (C=O) groups excluding carboxylic acids is 2. The normalized spacial score (nSPS) is 18.3. The van der Waals surface area contributed by atoms with Crippen molar-refractivity contribution in [2.24, 2.45) is 0 Å². The Hall–Kier alpha value is -2.80. The second kappa shape index (κ2) is 10.9. The largest absolute Gasteiger partial charge is 0.325 e. The molecule has 1 aliphatic carbocycles. The minimum Gasteiger partial charge on any atom is -0.325 e. The lowest BCUT2D eigenvalue weighted by molar-refractivity contribution is -0.120. The molecule has 2 amide bonds. The van der Waals surface area contributed by atoms with Crippen LogP contribution in [0.2, 0.25) is 0 Å². The summed E-state index contributed by atoms with van der Waals surface area (Å²) in [7, 11) is 0. The van der Waals surface area contributed by atoms with Crippen LogP contribution in [0.5, 0.6) is 0 Å². The molecule has 7 heteroatoms. The van der Waals surface area contributed by atoms with Gasteiger partial charge in [-0.2, -0.15) is 0 Å². The van der Waals surface area contributed by atoms with Gasteiger partial charge >= 0.3 is 0 Å². The van der Waals surface area contributed by atoms with Crippen LogP contribution < -0.4 is 16.0 Å². The van der Waals surface area contributed by atoms with Gasteiger partial charge in [0.1, 0.15) is 12.1 Å². The van der Waals surface area contributed by atoms with E-state index in [1.807, 2.05) is 18.2 Å². The Kier molecular flexibility index (Phi) is 7.70. The lowest BCUT2D eigenvalue weighted by atomic mass is 9.80. The van der Waals surface area contributed by atoms with E-state index >= 15 is 0 Å². The zero-order valence-electron chi connectivity index (χ0n) is 19.6. The molecule has 7 nitrogen and oxygen atoms in total. The minimum absolute atomic E-state index is 0.0232. The number of fused-ring (bicyclic) bond motifs is 3. The molecule has 1 spiro atoms. The molecule has 2 aromatic rings. The first-order chi connectivity index (χ1) is 16.1. The van der Waals surface area contributed by atoms with Crippen molar-refractivity contribution in [2.75, 3.05) is 23.7 Å². The number of benzene rings is 1. The smallest absolute Gasteiger partial charge is 0.238 e. The minimum atomic E-state index is -0.640. The highest BCUT2D eigenvalue weighted by Crippen LogP contribution is 2.46. The SMILES string of the molecule is CCCCCCCCCCNCC(=O)Nc1ccc2c(c1)CC1(C2)C(=O)Nc2ncncc21. The lowest BCUT2D eigenvalue weighted by Crippen LogP contribution is -2.35. The summed E-state index contributed by atoms with van der Waals surface area (Å²) in [6.07, 6.45) is 14.7. The molecule has 3 N–H and O–H groups in total. The van der Waals surface area contributed by atoms with Gasteiger partial charge in [0.05, 0.1) is 12.0 Å². The fourth-order valence-electron chi connectivity index (χ4n) is 5.02. The predicted molar refractivity (Wildman–Crippen MR) is 130 cm³/mol. The molecule has 0 fully saturated rings. The van der Waals surface area contributed by atoms with Gasteiger partial charge in [0.15, 0.2) is 0 Å². The highest BCUT2D eigenvalue weighted by Gasteiger charge is 2.51. The van der Waals surface area contributed by atoms with Gasteiger partial charge in [-0.15, -0.1) is 0 Å². The maximum absolute atomic E-state index is 12.8. The number of carbonyl (C=O) groups is 2. The maximum atomic E-state index is 12.8. The molecule has 0 saturated carbocycles. The molecule has 2 heterocycles. The monoisotopic (exact) mass is 449 g/mol. The fourth-order valence-corrected chi connectivity index (χ4v) is 5.02. The lowest BCUT2D eigenvalue weighted by Gasteiger charge is -2.19. The molecule has 1 unspecified atom stereocenters. The second-order valence-electron chi connectivity index (χ2n) is 9.36. The van der Waals surface area contributed by atoms with Crippen LogP contribution in [0.15, 0.2) is 30.7 Å². The van der Waals surface area contributed by atoms with Crippen LogP contribution in [0.4, 0.5) is 11.5 Å². The highest BCUT2D eigenvalue weighted by atomic mass is 16.2. The van der Waals surface area contributed by atoms with Gasteiger partial charge in [0.25, 0.3) is 0 Å². The van der Waals surface area contributed by atoms with E-state index in [1.54, 1.807) is 6.20 Å². The summed E-state index contributed by atoms with van der Waals surface area (Å²) in [6.45, 7) is 3.42. The van der Waals surface area contributed by atoms with Crippen LogP contribution in [-0.2, 0) is 27.8 Å². The van der Waals surface area contributed by atoms with E-state index in [4.69, 9.17) is 0 Å². The topological polar surface area (TPSA) is 96.0 Å². The van der Waals surface area contributed by atoms with E-state index in [-0.39, 0.29) is 11.8 Å². The van der Waals surface area contributed by atoms with Crippen LogP contribution in [0.3, 0.4) is 0 Å². The zero-order chi connectivity index (χ0) is 23.1. The Morgan fingerprint density at radius 1 is 1.06 bits per heavy atom. The molecule has 2 aliphatic rings. The average Bonchev–Trinajstić information content (AvgIpc) is 3.32. The van der Waals surface area contributed by atoms with Gasteiger partial charge in [-0.3, -0.25) is 9.59 Å². The van der Waals surface area contributed by atoms with Crippen molar-refractivity contribution in [3.8, 4) is 0 Å². The van der Waals surface area contributed by atoms with Crippen molar-refractivity contribution < 1.29 is 9.59 Å². The van der Waals surface area contributed by atoms with E-state index in [2.05, 4.69) is 32.8 Å². The number of hydrogen-bond acceptors (Lipinski definition) is 5. The fraction of sp³-hybridized carbons (Fsp3) is 0.538. The number of nitrogens with zero attached hydrogens (tertiary/aromatic N) is 2. The van der Waals surface area contributed by atoms with Gasteiger partial charge in [0, 0.05) is 17.4 Å². The third-order valence-electron chi connectivity index (χ3n) is 6.86. The van der Waals surface area contributed by atoms with Crippen LogP contribution in [0, 0.1) is 0 Å². The molecular formula is C26H35N5O2. The number of anilines is 2. The van der Waals surface area contributed by atoms with Crippen molar-refractivity contribution in [3.05, 3.63) is 47.4 Å².